The van der Waals surface area contributed by atoms with Crippen LogP contribution >= 0.6 is 23.8 Å². The van der Waals surface area contributed by atoms with E-state index in [1.807, 2.05) is 36.4 Å². The molecular formula is C23H23ClN4OS. The average molecular weight is 439 g/mol. The minimum absolute atomic E-state index is 0.0845. The lowest BCUT2D eigenvalue weighted by Crippen LogP contribution is -2.18. The summed E-state index contributed by atoms with van der Waals surface area (Å²) in [5.41, 5.74) is 13.7. The van der Waals surface area contributed by atoms with Crippen LogP contribution in [0.2, 0.25) is 5.02 Å². The van der Waals surface area contributed by atoms with Crippen molar-refractivity contribution in [2.45, 2.75) is 39.0 Å². The van der Waals surface area contributed by atoms with Crippen molar-refractivity contribution in [2.75, 3.05) is 0 Å². The van der Waals surface area contributed by atoms with Gasteiger partial charge in [-0.25, -0.2) is 0 Å². The zero-order valence-corrected chi connectivity index (χ0v) is 18.3. The smallest absolute Gasteiger partial charge is 0.270 e. The number of benzene rings is 1. The minimum atomic E-state index is -0.637. The third kappa shape index (κ3) is 4.11. The van der Waals surface area contributed by atoms with Gasteiger partial charge < -0.3 is 11.1 Å². The number of carbonyl (C=O) groups is 1. The highest BCUT2D eigenvalue weighted by Crippen LogP contribution is 2.36. The van der Waals surface area contributed by atoms with E-state index in [4.69, 9.17) is 29.6 Å². The summed E-state index contributed by atoms with van der Waals surface area (Å²) < 4.78 is 0.370. The Morgan fingerprint density at radius 2 is 1.90 bits per heavy atom. The first-order valence-corrected chi connectivity index (χ1v) is 10.8. The molecule has 0 unspecified atom stereocenters. The van der Waals surface area contributed by atoms with E-state index in [1.54, 1.807) is 0 Å². The lowest BCUT2D eigenvalue weighted by atomic mass is 9.94. The monoisotopic (exact) mass is 438 g/mol. The molecular weight excluding hydrogens is 416 g/mol. The number of H-pyrrole nitrogens is 1. The fraction of sp³-hybridized carbons (Fsp3) is 0.261. The molecule has 5 nitrogen and oxygen atoms in total. The Morgan fingerprint density at radius 1 is 1.20 bits per heavy atom. The van der Waals surface area contributed by atoms with Crippen LogP contribution in [-0.4, -0.2) is 16.1 Å². The van der Waals surface area contributed by atoms with Crippen LogP contribution in [0.3, 0.4) is 0 Å². The minimum Gasteiger partial charge on any atom is -0.364 e. The predicted molar refractivity (Wildman–Crippen MR) is 123 cm³/mol. The van der Waals surface area contributed by atoms with E-state index in [9.17, 15) is 4.79 Å². The van der Waals surface area contributed by atoms with Gasteiger partial charge in [0.15, 0.2) is 5.69 Å². The molecule has 1 aromatic heterocycles. The molecule has 3 heterocycles. The molecule has 4 N–H and O–H groups in total. The maximum atomic E-state index is 11.8. The number of primary amides is 1. The van der Waals surface area contributed by atoms with Crippen molar-refractivity contribution in [1.82, 2.24) is 15.5 Å². The van der Waals surface area contributed by atoms with Crippen LogP contribution in [0, 0.1) is 4.51 Å². The van der Waals surface area contributed by atoms with Crippen molar-refractivity contribution in [3.05, 3.63) is 78.9 Å². The molecule has 4 rings (SSSR count). The molecule has 1 amide bonds. The summed E-state index contributed by atoms with van der Waals surface area (Å²) in [4.78, 5) is 11.8. The number of amides is 1. The summed E-state index contributed by atoms with van der Waals surface area (Å²) in [6.07, 6.45) is 8.69. The Kier molecular flexibility index (Phi) is 5.88. The third-order valence-electron chi connectivity index (χ3n) is 5.66. The highest BCUT2D eigenvalue weighted by atomic mass is 35.5. The second kappa shape index (κ2) is 8.58. The number of aromatic amines is 1. The molecule has 2 aliphatic rings. The van der Waals surface area contributed by atoms with Crippen LogP contribution in [0.4, 0.5) is 0 Å². The van der Waals surface area contributed by atoms with Gasteiger partial charge in [0, 0.05) is 34.1 Å². The number of rotatable bonds is 6. The molecule has 0 spiro atoms. The maximum Gasteiger partial charge on any atom is 0.270 e. The third-order valence-corrected chi connectivity index (χ3v) is 6.32. The topological polar surface area (TPSA) is 83.8 Å². The molecule has 7 heteroatoms. The Morgan fingerprint density at radius 3 is 2.57 bits per heavy atom. The van der Waals surface area contributed by atoms with Crippen molar-refractivity contribution in [3.63, 3.8) is 0 Å². The standard InChI is InChI=1S/C23H23ClN4OS/c1-2-14-11-15(19-10-9-18(14)26-19)12-20-17(22(30)21(23(25)29)28-27-20)8-5-13-3-6-16(24)7-4-13/h3-8,26H,2,9-12H2,1H3,(H2,25,29)(H,27,30)/b8-5+. The number of carbonyl (C=O) groups excluding carboxylic acids is 1. The Bertz CT molecular complexity index is 1160. The number of nitrogens with zero attached hydrogens (tertiary/aromatic N) is 1. The Balaban J connectivity index is 1.72. The Hall–Kier alpha value is -2.70. The fourth-order valence-corrected chi connectivity index (χ4v) is 4.47. The van der Waals surface area contributed by atoms with Crippen LogP contribution in [0.15, 0.2) is 46.8 Å². The van der Waals surface area contributed by atoms with Crippen LogP contribution in [-0.2, 0) is 6.42 Å². The molecule has 0 saturated carbocycles. The van der Waals surface area contributed by atoms with Gasteiger partial charge in [0.1, 0.15) is 0 Å². The first-order chi connectivity index (χ1) is 14.5. The molecule has 2 aliphatic heterocycles. The highest BCUT2D eigenvalue weighted by Gasteiger charge is 2.25. The maximum absolute atomic E-state index is 11.8. The van der Waals surface area contributed by atoms with E-state index < -0.39 is 5.91 Å². The summed E-state index contributed by atoms with van der Waals surface area (Å²) in [5.74, 6) is -0.637. The molecule has 1 saturated heterocycles. The average Bonchev–Trinajstić information content (AvgIpc) is 3.15. The number of fused-ring (bicyclic) bond motifs is 2. The van der Waals surface area contributed by atoms with Crippen molar-refractivity contribution in [2.24, 2.45) is 5.73 Å². The quantitative estimate of drug-likeness (QED) is 0.533. The van der Waals surface area contributed by atoms with Gasteiger partial charge >= 0.3 is 0 Å². The number of hydrogen-bond donors (Lipinski definition) is 3. The molecule has 0 radical (unpaired) electrons. The number of nitrogens with two attached hydrogens (primary N) is 1. The highest BCUT2D eigenvalue weighted by molar-refractivity contribution is 7.71. The number of nitrogens with one attached hydrogen (secondary N) is 2. The van der Waals surface area contributed by atoms with Crippen molar-refractivity contribution in [1.29, 1.82) is 0 Å². The van der Waals surface area contributed by atoms with Gasteiger partial charge in [-0.15, -0.1) is 0 Å². The van der Waals surface area contributed by atoms with Gasteiger partial charge in [0.2, 0.25) is 0 Å². The summed E-state index contributed by atoms with van der Waals surface area (Å²) in [7, 11) is 0. The van der Waals surface area contributed by atoms with Crippen molar-refractivity contribution in [3.8, 4) is 0 Å². The zero-order valence-electron chi connectivity index (χ0n) is 16.7. The summed E-state index contributed by atoms with van der Waals surface area (Å²) >= 11 is 11.6. The first-order valence-electron chi connectivity index (χ1n) is 10.00. The van der Waals surface area contributed by atoms with E-state index in [0.29, 0.717) is 16.0 Å². The number of aromatic nitrogens is 2. The number of hydrogen-bond acceptors (Lipinski definition) is 4. The molecule has 1 aromatic carbocycles. The van der Waals surface area contributed by atoms with E-state index in [1.165, 1.54) is 22.5 Å². The van der Waals surface area contributed by atoms with Crippen LogP contribution < -0.4 is 11.1 Å². The Labute approximate surface area is 185 Å². The van der Waals surface area contributed by atoms with E-state index >= 15 is 0 Å². The summed E-state index contributed by atoms with van der Waals surface area (Å²) in [5, 5.41) is 11.5. The molecule has 1 fully saturated rings. The second-order valence-corrected chi connectivity index (χ2v) is 8.38. The molecule has 0 atom stereocenters. The number of halogens is 1. The summed E-state index contributed by atoms with van der Waals surface area (Å²) in [6, 6.07) is 7.52. The van der Waals surface area contributed by atoms with Gasteiger partial charge in [-0.1, -0.05) is 55.0 Å². The van der Waals surface area contributed by atoms with E-state index in [-0.39, 0.29) is 5.69 Å². The lowest BCUT2D eigenvalue weighted by Gasteiger charge is -2.21. The van der Waals surface area contributed by atoms with Crippen LogP contribution in [0.1, 0.15) is 59.9 Å². The zero-order chi connectivity index (χ0) is 21.3. The molecule has 0 aliphatic carbocycles. The number of dihydropyridines is 1. The fourth-order valence-electron chi connectivity index (χ4n) is 4.01. The lowest BCUT2D eigenvalue weighted by molar-refractivity contribution is 0.0994. The normalized spacial score (nSPS) is 15.8. The largest absolute Gasteiger partial charge is 0.364 e. The predicted octanol–water partition coefficient (Wildman–Crippen LogP) is 5.31. The first kappa shape index (κ1) is 20.6. The molecule has 30 heavy (non-hydrogen) atoms. The summed E-state index contributed by atoms with van der Waals surface area (Å²) in [6.45, 7) is 2.20. The van der Waals surface area contributed by atoms with E-state index in [2.05, 4.69) is 22.4 Å². The van der Waals surface area contributed by atoms with E-state index in [0.717, 1.165) is 42.5 Å². The van der Waals surface area contributed by atoms with Crippen molar-refractivity contribution >= 4 is 41.9 Å². The number of allylic oxidation sites excluding steroid dienone is 4. The van der Waals surface area contributed by atoms with Gasteiger partial charge in [-0.3, -0.25) is 9.89 Å². The molecule has 2 aromatic rings. The van der Waals surface area contributed by atoms with Gasteiger partial charge in [0.05, 0.1) is 4.51 Å². The molecule has 154 valence electrons. The van der Waals surface area contributed by atoms with Crippen LogP contribution in [0.25, 0.3) is 12.2 Å². The van der Waals surface area contributed by atoms with Crippen LogP contribution in [0.5, 0.6) is 0 Å². The van der Waals surface area contributed by atoms with Crippen molar-refractivity contribution < 1.29 is 4.79 Å². The molecule has 2 bridgehead atoms. The van der Waals surface area contributed by atoms with Gasteiger partial charge in [-0.2, -0.15) is 5.10 Å². The van der Waals surface area contributed by atoms with Gasteiger partial charge in [-0.05, 0) is 54.5 Å². The van der Waals surface area contributed by atoms with Gasteiger partial charge in [0.25, 0.3) is 5.91 Å². The SMILES string of the molecule is CCC1=C2CCC(=C(Cc3[nH]nc(C(N)=O)c(=S)c3/C=C/c3ccc(Cl)cc3)C1)N2. The second-order valence-electron chi connectivity index (χ2n) is 7.54.